The molecule has 3 aromatic rings. The number of carboxylic acid groups (broad SMARTS) is 1. The van der Waals surface area contributed by atoms with E-state index in [-0.39, 0.29) is 11.0 Å². The van der Waals surface area contributed by atoms with Gasteiger partial charge in [-0.1, -0.05) is 80.7 Å². The Bertz CT molecular complexity index is 1150. The molecule has 0 fully saturated rings. The summed E-state index contributed by atoms with van der Waals surface area (Å²) in [4.78, 5) is 11.6. The van der Waals surface area contributed by atoms with E-state index < -0.39 is 5.97 Å². The van der Waals surface area contributed by atoms with Gasteiger partial charge in [-0.05, 0) is 58.4 Å². The maximum absolute atomic E-state index is 11.1. The van der Waals surface area contributed by atoms with E-state index in [1.165, 1.54) is 22.3 Å². The van der Waals surface area contributed by atoms with Gasteiger partial charge in [0, 0.05) is 11.3 Å². The summed E-state index contributed by atoms with van der Waals surface area (Å²) < 4.78 is 0. The minimum atomic E-state index is -0.946. The molecule has 3 nitrogen and oxygen atoms in total. The summed E-state index contributed by atoms with van der Waals surface area (Å²) in [6.07, 6.45) is 3.32. The van der Waals surface area contributed by atoms with E-state index in [0.29, 0.717) is 4.99 Å². The minimum absolute atomic E-state index is 0.0688. The number of carboxylic acids is 1. The number of hydrogen-bond acceptors (Lipinski definition) is 2. The maximum atomic E-state index is 11.1. The second-order valence-electron chi connectivity index (χ2n) is 8.17. The van der Waals surface area contributed by atoms with Crippen molar-refractivity contribution in [1.82, 2.24) is 0 Å². The molecule has 0 saturated heterocycles. The van der Waals surface area contributed by atoms with Crippen LogP contribution in [0, 0.1) is 0 Å². The predicted molar refractivity (Wildman–Crippen MR) is 126 cm³/mol. The molecule has 0 heterocycles. The third-order valence-corrected chi connectivity index (χ3v) is 5.93. The van der Waals surface area contributed by atoms with Crippen molar-refractivity contribution in [3.8, 4) is 0 Å². The number of hydrogen-bond donors (Lipinski definition) is 2. The number of allylic oxidation sites excluding steroid dienone is 1. The Morgan fingerprint density at radius 1 is 0.967 bits per heavy atom. The lowest BCUT2D eigenvalue weighted by Gasteiger charge is -2.32. The van der Waals surface area contributed by atoms with Crippen LogP contribution in [0.3, 0.4) is 0 Å². The smallest absolute Gasteiger partial charge is 0.335 e. The average molecular weight is 414 g/mol. The second kappa shape index (κ2) is 7.88. The van der Waals surface area contributed by atoms with Gasteiger partial charge in [0.15, 0.2) is 0 Å². The van der Waals surface area contributed by atoms with Crippen LogP contribution in [0.2, 0.25) is 0 Å². The normalized spacial score (nSPS) is 14.4. The molecule has 0 aliphatic heterocycles. The van der Waals surface area contributed by atoms with Gasteiger partial charge in [0.25, 0.3) is 0 Å². The number of aromatic carboxylic acids is 1. The molecule has 0 spiro atoms. The van der Waals surface area contributed by atoms with Gasteiger partial charge in [-0.25, -0.2) is 4.79 Å². The quantitative estimate of drug-likeness (QED) is 0.494. The standard InChI is InChI=1S/C26H23NO2S/c1-26(2)15-14-21(17-6-4-3-5-7-17)22-16-20(12-13-23(22)26)27-24(30)18-8-10-19(11-9-18)25(28)29/h3-14,16H,15H2,1-2H3,(H,27,30)(H,28,29). The molecule has 0 aromatic heterocycles. The molecule has 0 unspecified atom stereocenters. The highest BCUT2D eigenvalue weighted by atomic mass is 32.1. The summed E-state index contributed by atoms with van der Waals surface area (Å²) in [5.41, 5.74) is 7.00. The van der Waals surface area contributed by atoms with E-state index in [9.17, 15) is 4.79 Å². The Balaban J connectivity index is 1.66. The highest BCUT2D eigenvalue weighted by Crippen LogP contribution is 2.42. The third-order valence-electron chi connectivity index (χ3n) is 5.59. The van der Waals surface area contributed by atoms with Crippen molar-refractivity contribution >= 4 is 34.4 Å². The predicted octanol–water partition coefficient (Wildman–Crippen LogP) is 6.29. The van der Waals surface area contributed by atoms with Gasteiger partial charge in [0.1, 0.15) is 4.99 Å². The molecule has 0 bridgehead atoms. The zero-order chi connectivity index (χ0) is 21.3. The van der Waals surface area contributed by atoms with Crippen LogP contribution in [0.25, 0.3) is 5.57 Å². The lowest BCUT2D eigenvalue weighted by molar-refractivity contribution is 0.0697. The Kier molecular flexibility index (Phi) is 5.27. The molecule has 0 amide bonds. The molecule has 1 aliphatic rings. The van der Waals surface area contributed by atoms with Gasteiger partial charge in [-0.15, -0.1) is 0 Å². The van der Waals surface area contributed by atoms with E-state index in [1.54, 1.807) is 24.3 Å². The van der Waals surface area contributed by atoms with Crippen LogP contribution in [-0.4, -0.2) is 16.1 Å². The van der Waals surface area contributed by atoms with Crippen LogP contribution >= 0.6 is 12.2 Å². The molecule has 150 valence electrons. The van der Waals surface area contributed by atoms with Crippen molar-refractivity contribution in [2.75, 3.05) is 5.32 Å². The lowest BCUT2D eigenvalue weighted by atomic mass is 9.72. The summed E-state index contributed by atoms with van der Waals surface area (Å²) in [5, 5.41) is 12.4. The van der Waals surface area contributed by atoms with Crippen molar-refractivity contribution in [3.63, 3.8) is 0 Å². The summed E-state index contributed by atoms with van der Waals surface area (Å²) in [6.45, 7) is 4.54. The van der Waals surface area contributed by atoms with Gasteiger partial charge in [-0.3, -0.25) is 0 Å². The molecule has 1 aliphatic carbocycles. The van der Waals surface area contributed by atoms with E-state index in [4.69, 9.17) is 17.3 Å². The summed E-state index contributed by atoms with van der Waals surface area (Å²) in [6, 6.07) is 23.4. The van der Waals surface area contributed by atoms with Crippen LogP contribution in [0.4, 0.5) is 5.69 Å². The number of nitrogens with one attached hydrogen (secondary N) is 1. The Labute approximate surface area is 182 Å². The topological polar surface area (TPSA) is 49.3 Å². The molecule has 4 heteroatoms. The SMILES string of the molecule is CC1(C)CC=C(c2ccccc2)c2cc(NC(=S)c3ccc(C(=O)O)cc3)ccc21. The highest BCUT2D eigenvalue weighted by Gasteiger charge is 2.28. The summed E-state index contributed by atoms with van der Waals surface area (Å²) >= 11 is 5.56. The Morgan fingerprint density at radius 3 is 2.30 bits per heavy atom. The minimum Gasteiger partial charge on any atom is -0.478 e. The van der Waals surface area contributed by atoms with Crippen molar-refractivity contribution in [2.45, 2.75) is 25.7 Å². The molecule has 0 saturated carbocycles. The van der Waals surface area contributed by atoms with Crippen molar-refractivity contribution in [2.24, 2.45) is 0 Å². The molecule has 0 atom stereocenters. The lowest BCUT2D eigenvalue weighted by Crippen LogP contribution is -2.22. The van der Waals surface area contributed by atoms with Crippen LogP contribution in [-0.2, 0) is 5.41 Å². The number of rotatable bonds is 4. The molecule has 4 rings (SSSR count). The van der Waals surface area contributed by atoms with Crippen molar-refractivity contribution in [3.05, 3.63) is 107 Å². The molecular weight excluding hydrogens is 390 g/mol. The van der Waals surface area contributed by atoms with Crippen LogP contribution in [0.5, 0.6) is 0 Å². The number of carbonyl (C=O) groups is 1. The highest BCUT2D eigenvalue weighted by molar-refractivity contribution is 7.81. The van der Waals surface area contributed by atoms with Crippen LogP contribution in [0.1, 0.15) is 52.9 Å². The fourth-order valence-electron chi connectivity index (χ4n) is 3.87. The Hall–Kier alpha value is -3.24. The number of benzene rings is 3. The van der Waals surface area contributed by atoms with Gasteiger partial charge >= 0.3 is 5.97 Å². The monoisotopic (exact) mass is 413 g/mol. The van der Waals surface area contributed by atoms with E-state index in [0.717, 1.165) is 17.7 Å². The molecule has 2 N–H and O–H groups in total. The molecule has 3 aromatic carbocycles. The average Bonchev–Trinajstić information content (AvgIpc) is 2.74. The zero-order valence-electron chi connectivity index (χ0n) is 17.0. The van der Waals surface area contributed by atoms with Crippen LogP contribution < -0.4 is 5.32 Å². The number of fused-ring (bicyclic) bond motifs is 1. The molecular formula is C26H23NO2S. The maximum Gasteiger partial charge on any atom is 0.335 e. The van der Waals surface area contributed by atoms with E-state index >= 15 is 0 Å². The van der Waals surface area contributed by atoms with Gasteiger partial charge in [0.2, 0.25) is 0 Å². The molecule has 30 heavy (non-hydrogen) atoms. The van der Waals surface area contributed by atoms with Gasteiger partial charge in [-0.2, -0.15) is 0 Å². The van der Waals surface area contributed by atoms with Crippen molar-refractivity contribution < 1.29 is 9.90 Å². The van der Waals surface area contributed by atoms with Crippen LogP contribution in [0.15, 0.2) is 78.9 Å². The largest absolute Gasteiger partial charge is 0.478 e. The first-order chi connectivity index (χ1) is 14.3. The number of thiocarbonyl (C=S) groups is 1. The number of anilines is 1. The van der Waals surface area contributed by atoms with E-state index in [1.807, 2.05) is 6.07 Å². The van der Waals surface area contributed by atoms with Gasteiger partial charge < -0.3 is 10.4 Å². The first-order valence-electron chi connectivity index (χ1n) is 9.90. The fraction of sp³-hybridized carbons (Fsp3) is 0.154. The fourth-order valence-corrected chi connectivity index (χ4v) is 4.12. The zero-order valence-corrected chi connectivity index (χ0v) is 17.8. The van der Waals surface area contributed by atoms with Gasteiger partial charge in [0.05, 0.1) is 5.56 Å². The van der Waals surface area contributed by atoms with E-state index in [2.05, 4.69) is 67.7 Å². The Morgan fingerprint density at radius 2 is 1.63 bits per heavy atom. The first-order valence-corrected chi connectivity index (χ1v) is 10.3. The third kappa shape index (κ3) is 3.91. The summed E-state index contributed by atoms with van der Waals surface area (Å²) in [7, 11) is 0. The summed E-state index contributed by atoms with van der Waals surface area (Å²) in [5.74, 6) is -0.946. The van der Waals surface area contributed by atoms with Crippen molar-refractivity contribution in [1.29, 1.82) is 0 Å². The second-order valence-corrected chi connectivity index (χ2v) is 8.58. The molecule has 0 radical (unpaired) electrons. The first kappa shape index (κ1) is 20.0.